The predicted molar refractivity (Wildman–Crippen MR) is 71.4 cm³/mol. The maximum absolute atomic E-state index is 9.94. The molecule has 4 heterocycles. The fraction of sp³-hybridized carbons (Fsp3) is 1.00. The number of hydrogen-bond donors (Lipinski definition) is 1. The second kappa shape index (κ2) is 4.46. The van der Waals surface area contributed by atoms with Gasteiger partial charge in [-0.2, -0.15) is 0 Å². The van der Waals surface area contributed by atoms with Crippen molar-refractivity contribution in [3.8, 4) is 0 Å². The monoisotopic (exact) mass is 250 g/mol. The van der Waals surface area contributed by atoms with Crippen molar-refractivity contribution in [3.05, 3.63) is 0 Å². The SMILES string of the molecule is O[C@@H]1CCN2C[C@@H]3C[C@@H](CN4CCCC[C@@H]34)[C@H]2C1. The van der Waals surface area contributed by atoms with Crippen LogP contribution in [-0.4, -0.2) is 59.3 Å². The van der Waals surface area contributed by atoms with Crippen LogP contribution in [-0.2, 0) is 0 Å². The Bertz CT molecular complexity index is 322. The summed E-state index contributed by atoms with van der Waals surface area (Å²) in [6, 6.07) is 1.58. The van der Waals surface area contributed by atoms with Gasteiger partial charge >= 0.3 is 0 Å². The van der Waals surface area contributed by atoms with Gasteiger partial charge in [-0.1, -0.05) is 6.42 Å². The lowest BCUT2D eigenvalue weighted by Crippen LogP contribution is -2.64. The third kappa shape index (κ3) is 1.83. The molecule has 0 aromatic carbocycles. The lowest BCUT2D eigenvalue weighted by Gasteiger charge is -2.57. The van der Waals surface area contributed by atoms with E-state index in [9.17, 15) is 5.11 Å². The zero-order valence-electron chi connectivity index (χ0n) is 11.3. The topological polar surface area (TPSA) is 26.7 Å². The van der Waals surface area contributed by atoms with Crippen molar-refractivity contribution in [1.82, 2.24) is 9.80 Å². The smallest absolute Gasteiger partial charge is 0.0567 e. The molecule has 4 saturated heterocycles. The summed E-state index contributed by atoms with van der Waals surface area (Å²) in [5, 5.41) is 9.94. The Morgan fingerprint density at radius 1 is 0.778 bits per heavy atom. The number of rotatable bonds is 0. The van der Waals surface area contributed by atoms with E-state index in [2.05, 4.69) is 9.80 Å². The highest BCUT2D eigenvalue weighted by Gasteiger charge is 2.47. The molecular weight excluding hydrogens is 224 g/mol. The van der Waals surface area contributed by atoms with E-state index in [-0.39, 0.29) is 6.10 Å². The van der Waals surface area contributed by atoms with Crippen LogP contribution in [0.3, 0.4) is 0 Å². The summed E-state index contributed by atoms with van der Waals surface area (Å²) in [5.74, 6) is 1.77. The van der Waals surface area contributed by atoms with E-state index in [1.54, 1.807) is 0 Å². The molecule has 5 atom stereocenters. The molecule has 0 aliphatic carbocycles. The van der Waals surface area contributed by atoms with Crippen molar-refractivity contribution in [2.75, 3.05) is 26.2 Å². The van der Waals surface area contributed by atoms with Crippen molar-refractivity contribution in [2.24, 2.45) is 11.8 Å². The van der Waals surface area contributed by atoms with Gasteiger partial charge in [-0.15, -0.1) is 0 Å². The van der Waals surface area contributed by atoms with Crippen molar-refractivity contribution in [2.45, 2.75) is 56.7 Å². The van der Waals surface area contributed by atoms with Gasteiger partial charge in [0.15, 0.2) is 0 Å². The van der Waals surface area contributed by atoms with E-state index < -0.39 is 0 Å². The van der Waals surface area contributed by atoms with Crippen LogP contribution in [0.15, 0.2) is 0 Å². The maximum Gasteiger partial charge on any atom is 0.0567 e. The predicted octanol–water partition coefficient (Wildman–Crippen LogP) is 1.32. The largest absolute Gasteiger partial charge is 0.393 e. The Hall–Kier alpha value is -0.120. The molecule has 0 unspecified atom stereocenters. The minimum Gasteiger partial charge on any atom is -0.393 e. The lowest BCUT2D eigenvalue weighted by molar-refractivity contribution is -0.0900. The molecule has 0 radical (unpaired) electrons. The number of aliphatic hydroxyl groups excluding tert-OH is 1. The molecule has 102 valence electrons. The normalized spacial score (nSPS) is 49.5. The molecule has 4 aliphatic heterocycles. The van der Waals surface area contributed by atoms with E-state index in [4.69, 9.17) is 0 Å². The van der Waals surface area contributed by atoms with Gasteiger partial charge in [-0.25, -0.2) is 0 Å². The molecule has 4 rings (SSSR count). The average molecular weight is 250 g/mol. The zero-order valence-corrected chi connectivity index (χ0v) is 11.3. The number of hydrogen-bond acceptors (Lipinski definition) is 3. The first-order valence-corrected chi connectivity index (χ1v) is 7.97. The van der Waals surface area contributed by atoms with E-state index in [0.717, 1.165) is 37.3 Å². The van der Waals surface area contributed by atoms with E-state index in [0.29, 0.717) is 6.04 Å². The van der Waals surface area contributed by atoms with Gasteiger partial charge in [0, 0.05) is 31.7 Å². The van der Waals surface area contributed by atoms with Crippen molar-refractivity contribution >= 4 is 0 Å². The Kier molecular flexibility index (Phi) is 2.90. The van der Waals surface area contributed by atoms with Crippen molar-refractivity contribution in [3.63, 3.8) is 0 Å². The summed E-state index contributed by atoms with van der Waals surface area (Å²) in [6.07, 6.45) is 7.76. The van der Waals surface area contributed by atoms with Crippen molar-refractivity contribution < 1.29 is 5.11 Å². The second-order valence-corrected chi connectivity index (χ2v) is 7.05. The number of nitrogens with zero attached hydrogens (tertiary/aromatic N) is 2. The van der Waals surface area contributed by atoms with Gasteiger partial charge in [-0.3, -0.25) is 9.80 Å². The van der Waals surface area contributed by atoms with Crippen LogP contribution in [0.5, 0.6) is 0 Å². The molecule has 0 amide bonds. The van der Waals surface area contributed by atoms with Gasteiger partial charge in [0.05, 0.1) is 6.10 Å². The second-order valence-electron chi connectivity index (χ2n) is 7.05. The molecule has 3 heteroatoms. The molecule has 1 N–H and O–H groups in total. The average Bonchev–Trinajstić information content (AvgIpc) is 2.40. The first kappa shape index (κ1) is 11.7. The van der Waals surface area contributed by atoms with Gasteiger partial charge < -0.3 is 5.11 Å². The third-order valence-electron chi connectivity index (χ3n) is 6.03. The van der Waals surface area contributed by atoms with Crippen LogP contribution >= 0.6 is 0 Å². The Morgan fingerprint density at radius 3 is 2.44 bits per heavy atom. The number of piperidine rings is 4. The zero-order chi connectivity index (χ0) is 12.1. The van der Waals surface area contributed by atoms with Gasteiger partial charge in [-0.05, 0) is 50.5 Å². The highest BCUT2D eigenvalue weighted by Crippen LogP contribution is 2.42. The van der Waals surface area contributed by atoms with Gasteiger partial charge in [0.1, 0.15) is 0 Å². The number of fused-ring (bicyclic) bond motifs is 6. The van der Waals surface area contributed by atoms with Crippen LogP contribution in [0.2, 0.25) is 0 Å². The first-order valence-electron chi connectivity index (χ1n) is 7.97. The Morgan fingerprint density at radius 2 is 1.56 bits per heavy atom. The molecule has 4 aliphatic rings. The Labute approximate surface area is 110 Å². The molecule has 3 nitrogen and oxygen atoms in total. The van der Waals surface area contributed by atoms with Gasteiger partial charge in [0.2, 0.25) is 0 Å². The molecule has 0 aromatic rings. The summed E-state index contributed by atoms with van der Waals surface area (Å²) in [4.78, 5) is 5.51. The quantitative estimate of drug-likeness (QED) is 0.702. The molecule has 0 spiro atoms. The van der Waals surface area contributed by atoms with Crippen LogP contribution < -0.4 is 0 Å². The molecule has 0 saturated carbocycles. The fourth-order valence-electron chi connectivity index (χ4n) is 5.22. The molecule has 2 bridgehead atoms. The van der Waals surface area contributed by atoms with E-state index in [1.807, 2.05) is 0 Å². The Balaban J connectivity index is 1.55. The maximum atomic E-state index is 9.94. The standard InChI is InChI=1S/C15H26N2O/c18-13-4-6-17-9-11-7-12(15(17)8-13)10-16-5-2-1-3-14(11)16/h11-15,18H,1-10H2/t11-,12-,13+,14-,15+/m0/s1. The minimum atomic E-state index is -0.0260. The van der Waals surface area contributed by atoms with Crippen LogP contribution in [0.25, 0.3) is 0 Å². The van der Waals surface area contributed by atoms with Gasteiger partial charge in [0.25, 0.3) is 0 Å². The summed E-state index contributed by atoms with van der Waals surface area (Å²) in [7, 11) is 0. The molecule has 0 aromatic heterocycles. The summed E-state index contributed by atoms with van der Waals surface area (Å²) < 4.78 is 0. The van der Waals surface area contributed by atoms with Crippen LogP contribution in [0.1, 0.15) is 38.5 Å². The highest BCUT2D eigenvalue weighted by atomic mass is 16.3. The molecular formula is C15H26N2O. The lowest BCUT2D eigenvalue weighted by atomic mass is 9.70. The van der Waals surface area contributed by atoms with E-state index in [1.165, 1.54) is 45.3 Å². The van der Waals surface area contributed by atoms with Crippen molar-refractivity contribution in [1.29, 1.82) is 0 Å². The molecule has 18 heavy (non-hydrogen) atoms. The summed E-state index contributed by atoms with van der Waals surface area (Å²) in [6.45, 7) is 5.11. The minimum absolute atomic E-state index is 0.0260. The molecule has 4 fully saturated rings. The van der Waals surface area contributed by atoms with Crippen LogP contribution in [0, 0.1) is 11.8 Å². The van der Waals surface area contributed by atoms with E-state index >= 15 is 0 Å². The first-order chi connectivity index (χ1) is 8.81. The number of aliphatic hydroxyl groups is 1. The summed E-state index contributed by atoms with van der Waals surface area (Å²) >= 11 is 0. The highest BCUT2D eigenvalue weighted by molar-refractivity contribution is 5.01. The summed E-state index contributed by atoms with van der Waals surface area (Å²) in [5.41, 5.74) is 0. The fourth-order valence-corrected chi connectivity index (χ4v) is 5.22. The third-order valence-corrected chi connectivity index (χ3v) is 6.03. The van der Waals surface area contributed by atoms with Crippen LogP contribution in [0.4, 0.5) is 0 Å².